The monoisotopic (exact) mass is 618 g/mol. The van der Waals surface area contributed by atoms with Gasteiger partial charge in [0.25, 0.3) is 5.56 Å². The Kier molecular flexibility index (Phi) is 8.50. The molecular formula is C35H38N8O3. The van der Waals surface area contributed by atoms with Crippen molar-refractivity contribution in [3.8, 4) is 22.5 Å². The minimum atomic E-state index is -0.479. The van der Waals surface area contributed by atoms with Gasteiger partial charge in [0.1, 0.15) is 5.82 Å². The van der Waals surface area contributed by atoms with Crippen LogP contribution in [0.2, 0.25) is 0 Å². The van der Waals surface area contributed by atoms with Gasteiger partial charge in [-0.3, -0.25) is 13.9 Å². The van der Waals surface area contributed by atoms with Crippen LogP contribution in [0.15, 0.2) is 88.5 Å². The number of rotatable bonds is 10. The summed E-state index contributed by atoms with van der Waals surface area (Å²) in [5, 5.41) is 14.6. The van der Waals surface area contributed by atoms with Crippen molar-refractivity contribution in [2.75, 3.05) is 13.7 Å². The van der Waals surface area contributed by atoms with Crippen molar-refractivity contribution in [2.45, 2.75) is 53.2 Å². The van der Waals surface area contributed by atoms with Crippen LogP contribution in [0.25, 0.3) is 33.7 Å². The molecule has 0 amide bonds. The fourth-order valence-electron chi connectivity index (χ4n) is 5.87. The minimum Gasteiger partial charge on any atom is -0.383 e. The third-order valence-electron chi connectivity index (χ3n) is 8.14. The standard InChI is InChI=1S/C35H38N8O3/c1-23(25-11-7-6-8-12-25)43-33(44)30-32(41(34(43)45)19-20-46-5)36-29(21-35(2,3)4)42(30)22-24-15-17-26(18-16-24)27-13-9-10-14-28(27)31-37-39-40-38-31/h6-18,23H,19-22H2,1-5H3,(H,37,38,39,40). The smallest absolute Gasteiger partial charge is 0.333 e. The van der Waals surface area contributed by atoms with Crippen molar-refractivity contribution < 1.29 is 4.74 Å². The number of imidazole rings is 1. The fraction of sp³-hybridized carbons (Fsp3) is 0.314. The molecule has 0 saturated heterocycles. The third kappa shape index (κ3) is 6.05. The largest absolute Gasteiger partial charge is 0.383 e. The zero-order chi connectivity index (χ0) is 32.4. The van der Waals surface area contributed by atoms with Gasteiger partial charge >= 0.3 is 5.69 Å². The van der Waals surface area contributed by atoms with E-state index in [1.165, 1.54) is 4.57 Å². The maximum Gasteiger partial charge on any atom is 0.333 e. The van der Waals surface area contributed by atoms with Crippen molar-refractivity contribution in [1.82, 2.24) is 39.3 Å². The molecule has 0 radical (unpaired) electrons. The van der Waals surface area contributed by atoms with E-state index >= 15 is 0 Å². The molecule has 0 fully saturated rings. The van der Waals surface area contributed by atoms with Gasteiger partial charge in [0.2, 0.25) is 5.82 Å². The van der Waals surface area contributed by atoms with E-state index in [0.717, 1.165) is 33.6 Å². The van der Waals surface area contributed by atoms with E-state index in [0.29, 0.717) is 36.6 Å². The molecule has 3 aromatic carbocycles. The maximum atomic E-state index is 14.4. The predicted molar refractivity (Wildman–Crippen MR) is 178 cm³/mol. The molecule has 1 unspecified atom stereocenters. The van der Waals surface area contributed by atoms with Gasteiger partial charge in [0.05, 0.1) is 19.2 Å². The number of H-pyrrole nitrogens is 1. The van der Waals surface area contributed by atoms with Crippen LogP contribution in [0.3, 0.4) is 0 Å². The van der Waals surface area contributed by atoms with E-state index in [9.17, 15) is 9.59 Å². The molecule has 0 saturated carbocycles. The first-order chi connectivity index (χ1) is 22.2. The highest BCUT2D eigenvalue weighted by Crippen LogP contribution is 2.30. The molecule has 3 aromatic heterocycles. The number of hydrogen-bond acceptors (Lipinski definition) is 7. The van der Waals surface area contributed by atoms with E-state index in [1.54, 1.807) is 11.7 Å². The van der Waals surface area contributed by atoms with Crippen LogP contribution in [0, 0.1) is 5.41 Å². The summed E-state index contributed by atoms with van der Waals surface area (Å²) < 4.78 is 10.3. The van der Waals surface area contributed by atoms with E-state index in [2.05, 4.69) is 65.7 Å². The van der Waals surface area contributed by atoms with Gasteiger partial charge in [0, 0.05) is 25.6 Å². The van der Waals surface area contributed by atoms with Gasteiger partial charge in [0.15, 0.2) is 11.2 Å². The lowest BCUT2D eigenvalue weighted by atomic mass is 9.92. The molecule has 1 N–H and O–H groups in total. The van der Waals surface area contributed by atoms with Gasteiger partial charge in [-0.05, 0) is 39.8 Å². The molecule has 1 atom stereocenters. The van der Waals surface area contributed by atoms with Crippen LogP contribution in [-0.4, -0.2) is 53.0 Å². The molecule has 236 valence electrons. The van der Waals surface area contributed by atoms with Gasteiger partial charge in [-0.2, -0.15) is 5.21 Å². The summed E-state index contributed by atoms with van der Waals surface area (Å²) in [4.78, 5) is 33.4. The van der Waals surface area contributed by atoms with Crippen LogP contribution >= 0.6 is 0 Å². The molecule has 0 aliphatic heterocycles. The SMILES string of the molecule is COCCn1c(=O)n(C(C)c2ccccc2)c(=O)c2c1nc(CC(C)(C)C)n2Cc1ccc(-c2ccccc2-c2nn[nH]n2)cc1. The molecule has 11 heteroatoms. The molecule has 6 rings (SSSR count). The van der Waals surface area contributed by atoms with Gasteiger partial charge in [-0.1, -0.05) is 99.6 Å². The quantitative estimate of drug-likeness (QED) is 0.226. The first kappa shape index (κ1) is 30.8. The summed E-state index contributed by atoms with van der Waals surface area (Å²) in [6.07, 6.45) is 0.615. The number of nitrogens with zero attached hydrogens (tertiary/aromatic N) is 7. The summed E-state index contributed by atoms with van der Waals surface area (Å²) >= 11 is 0. The number of aromatic nitrogens is 8. The van der Waals surface area contributed by atoms with Gasteiger partial charge in [-0.15, -0.1) is 10.2 Å². The number of tetrazole rings is 1. The highest BCUT2D eigenvalue weighted by molar-refractivity contribution is 5.80. The van der Waals surface area contributed by atoms with Crippen LogP contribution in [0.4, 0.5) is 0 Å². The zero-order valence-electron chi connectivity index (χ0n) is 26.8. The molecular weight excluding hydrogens is 580 g/mol. The Hall–Kier alpha value is -5.16. The van der Waals surface area contributed by atoms with Gasteiger partial charge < -0.3 is 9.30 Å². The highest BCUT2D eigenvalue weighted by Gasteiger charge is 2.26. The van der Waals surface area contributed by atoms with Crippen LogP contribution < -0.4 is 11.2 Å². The lowest BCUT2D eigenvalue weighted by molar-refractivity contribution is 0.186. The van der Waals surface area contributed by atoms with Crippen molar-refractivity contribution in [3.63, 3.8) is 0 Å². The number of ether oxygens (including phenoxy) is 1. The summed E-state index contributed by atoms with van der Waals surface area (Å²) in [5.41, 5.74) is 4.64. The Bertz CT molecular complexity index is 2070. The van der Waals surface area contributed by atoms with Gasteiger partial charge in [-0.25, -0.2) is 9.78 Å². The highest BCUT2D eigenvalue weighted by atomic mass is 16.5. The Balaban J connectivity index is 1.49. The Labute approximate surface area is 266 Å². The van der Waals surface area contributed by atoms with Crippen molar-refractivity contribution in [3.05, 3.63) is 117 Å². The zero-order valence-corrected chi connectivity index (χ0v) is 26.8. The normalized spacial score (nSPS) is 12.5. The van der Waals surface area contributed by atoms with Crippen molar-refractivity contribution in [1.29, 1.82) is 0 Å². The molecule has 3 heterocycles. The number of fused-ring (bicyclic) bond motifs is 1. The Morgan fingerprint density at radius 1 is 0.891 bits per heavy atom. The third-order valence-corrected chi connectivity index (χ3v) is 8.14. The Morgan fingerprint density at radius 3 is 2.24 bits per heavy atom. The molecule has 11 nitrogen and oxygen atoms in total. The number of nitrogens with one attached hydrogen (secondary N) is 1. The fourth-order valence-corrected chi connectivity index (χ4v) is 5.87. The number of hydrogen-bond donors (Lipinski definition) is 1. The molecule has 0 spiro atoms. The predicted octanol–water partition coefficient (Wildman–Crippen LogP) is 5.10. The summed E-state index contributed by atoms with van der Waals surface area (Å²) in [7, 11) is 1.60. The topological polar surface area (TPSA) is 126 Å². The lowest BCUT2D eigenvalue weighted by Gasteiger charge is -2.19. The average molecular weight is 619 g/mol. The second-order valence-corrected chi connectivity index (χ2v) is 12.7. The van der Waals surface area contributed by atoms with Crippen LogP contribution in [0.1, 0.15) is 50.7 Å². The molecule has 0 aliphatic carbocycles. The molecule has 6 aromatic rings. The summed E-state index contributed by atoms with van der Waals surface area (Å²) in [6.45, 7) is 9.29. The maximum absolute atomic E-state index is 14.4. The Morgan fingerprint density at radius 2 is 1.59 bits per heavy atom. The average Bonchev–Trinajstić information content (AvgIpc) is 3.70. The van der Waals surface area contributed by atoms with Crippen LogP contribution in [-0.2, 0) is 24.2 Å². The van der Waals surface area contributed by atoms with E-state index < -0.39 is 11.7 Å². The summed E-state index contributed by atoms with van der Waals surface area (Å²) in [5.74, 6) is 1.28. The second kappa shape index (κ2) is 12.7. The number of methoxy groups -OCH3 is 1. The number of benzene rings is 3. The molecule has 0 bridgehead atoms. The second-order valence-electron chi connectivity index (χ2n) is 12.7. The van der Waals surface area contributed by atoms with Crippen molar-refractivity contribution in [2.24, 2.45) is 5.41 Å². The summed E-state index contributed by atoms with van der Waals surface area (Å²) in [6, 6.07) is 25.3. The lowest BCUT2D eigenvalue weighted by Crippen LogP contribution is -2.43. The van der Waals surface area contributed by atoms with E-state index in [-0.39, 0.29) is 17.5 Å². The van der Waals surface area contributed by atoms with E-state index in [1.807, 2.05) is 66.1 Å². The van der Waals surface area contributed by atoms with Crippen molar-refractivity contribution >= 4 is 11.2 Å². The van der Waals surface area contributed by atoms with Crippen LogP contribution in [0.5, 0.6) is 0 Å². The van der Waals surface area contributed by atoms with E-state index in [4.69, 9.17) is 9.72 Å². The first-order valence-electron chi connectivity index (χ1n) is 15.4. The number of aromatic amines is 1. The first-order valence-corrected chi connectivity index (χ1v) is 15.4. The molecule has 46 heavy (non-hydrogen) atoms. The molecule has 0 aliphatic rings. The minimum absolute atomic E-state index is 0.115.